The summed E-state index contributed by atoms with van der Waals surface area (Å²) in [5, 5.41) is 4.01. The van der Waals surface area contributed by atoms with Gasteiger partial charge in [0, 0.05) is 8.95 Å². The lowest BCUT2D eigenvalue weighted by Crippen LogP contribution is -1.96. The van der Waals surface area contributed by atoms with E-state index in [1.54, 1.807) is 6.07 Å². The summed E-state index contributed by atoms with van der Waals surface area (Å²) < 4.78 is 1.82. The molecular formula is C11H5Br2Cl3N2. The number of aromatic nitrogens is 1. The van der Waals surface area contributed by atoms with Gasteiger partial charge in [-0.25, -0.2) is 4.98 Å². The highest BCUT2D eigenvalue weighted by atomic mass is 79.9. The quantitative estimate of drug-likeness (QED) is 0.564. The fraction of sp³-hybridized carbons (Fsp3) is 0. The van der Waals surface area contributed by atoms with Gasteiger partial charge in [0.1, 0.15) is 5.15 Å². The second kappa shape index (κ2) is 5.97. The first kappa shape index (κ1) is 14.4. The van der Waals surface area contributed by atoms with Crippen molar-refractivity contribution < 1.29 is 0 Å². The minimum atomic E-state index is 0.203. The van der Waals surface area contributed by atoms with Crippen molar-refractivity contribution in [1.29, 1.82) is 0 Å². The standard InChI is InChI=1S/C11H5Br2Cl3N2/c12-5-1-2-6(13)9(3-5)17-11-8(15)4-7(14)10(16)18-11/h1-4H,(H,17,18). The van der Waals surface area contributed by atoms with Crippen LogP contribution in [0.5, 0.6) is 0 Å². The van der Waals surface area contributed by atoms with Crippen LogP contribution in [0.2, 0.25) is 15.2 Å². The van der Waals surface area contributed by atoms with E-state index in [0.29, 0.717) is 15.9 Å². The van der Waals surface area contributed by atoms with Gasteiger partial charge in [0.2, 0.25) is 0 Å². The molecule has 0 saturated carbocycles. The van der Waals surface area contributed by atoms with Crippen LogP contribution in [0.1, 0.15) is 0 Å². The van der Waals surface area contributed by atoms with Crippen LogP contribution in [-0.2, 0) is 0 Å². The molecule has 2 rings (SSSR count). The maximum atomic E-state index is 6.05. The highest BCUT2D eigenvalue weighted by molar-refractivity contribution is 9.11. The van der Waals surface area contributed by atoms with Gasteiger partial charge in [-0.15, -0.1) is 0 Å². The average Bonchev–Trinajstić information content (AvgIpc) is 2.30. The molecule has 0 saturated heterocycles. The summed E-state index contributed by atoms with van der Waals surface area (Å²) in [5.41, 5.74) is 0.817. The van der Waals surface area contributed by atoms with E-state index < -0.39 is 0 Å². The predicted octanol–water partition coefficient (Wildman–Crippen LogP) is 6.31. The number of halogens is 5. The molecule has 94 valence electrons. The smallest absolute Gasteiger partial charge is 0.151 e. The van der Waals surface area contributed by atoms with Crippen LogP contribution in [0.15, 0.2) is 33.2 Å². The molecule has 0 aliphatic heterocycles. The summed E-state index contributed by atoms with van der Waals surface area (Å²) >= 11 is 24.6. The Morgan fingerprint density at radius 2 is 1.72 bits per heavy atom. The zero-order valence-electron chi connectivity index (χ0n) is 8.65. The molecule has 1 aromatic heterocycles. The second-order valence-electron chi connectivity index (χ2n) is 3.34. The highest BCUT2D eigenvalue weighted by Crippen LogP contribution is 2.33. The first-order valence-electron chi connectivity index (χ1n) is 4.71. The fourth-order valence-corrected chi connectivity index (χ4v) is 2.50. The van der Waals surface area contributed by atoms with Crippen molar-refractivity contribution >= 4 is 78.2 Å². The molecule has 1 aromatic carbocycles. The van der Waals surface area contributed by atoms with E-state index in [4.69, 9.17) is 34.8 Å². The summed E-state index contributed by atoms with van der Waals surface area (Å²) in [5.74, 6) is 0.449. The van der Waals surface area contributed by atoms with Crippen molar-refractivity contribution in [2.24, 2.45) is 0 Å². The van der Waals surface area contributed by atoms with E-state index in [9.17, 15) is 0 Å². The number of hydrogen-bond donors (Lipinski definition) is 1. The number of nitrogens with zero attached hydrogens (tertiary/aromatic N) is 1. The van der Waals surface area contributed by atoms with Crippen molar-refractivity contribution in [2.45, 2.75) is 0 Å². The van der Waals surface area contributed by atoms with Gasteiger partial charge in [0.05, 0.1) is 15.7 Å². The topological polar surface area (TPSA) is 24.9 Å². The third-order valence-corrected chi connectivity index (χ3v) is 4.21. The Morgan fingerprint density at radius 3 is 2.44 bits per heavy atom. The van der Waals surface area contributed by atoms with E-state index in [1.807, 2.05) is 18.2 Å². The van der Waals surface area contributed by atoms with Crippen LogP contribution in [0.3, 0.4) is 0 Å². The van der Waals surface area contributed by atoms with Gasteiger partial charge in [-0.3, -0.25) is 0 Å². The van der Waals surface area contributed by atoms with Gasteiger partial charge >= 0.3 is 0 Å². The maximum absolute atomic E-state index is 6.05. The number of rotatable bonds is 2. The summed E-state index contributed by atoms with van der Waals surface area (Å²) in [6.45, 7) is 0. The van der Waals surface area contributed by atoms with Crippen LogP contribution >= 0.6 is 66.7 Å². The Kier molecular flexibility index (Phi) is 4.78. The molecule has 0 aliphatic carbocycles. The maximum Gasteiger partial charge on any atom is 0.151 e. The minimum Gasteiger partial charge on any atom is -0.338 e. The van der Waals surface area contributed by atoms with E-state index >= 15 is 0 Å². The fourth-order valence-electron chi connectivity index (χ4n) is 1.25. The van der Waals surface area contributed by atoms with Gasteiger partial charge in [-0.1, -0.05) is 50.7 Å². The van der Waals surface area contributed by atoms with Crippen molar-refractivity contribution in [2.75, 3.05) is 5.32 Å². The molecule has 0 unspecified atom stereocenters. The summed E-state index contributed by atoms with van der Waals surface area (Å²) in [6.07, 6.45) is 0. The van der Waals surface area contributed by atoms with E-state index in [-0.39, 0.29) is 5.15 Å². The molecule has 18 heavy (non-hydrogen) atoms. The lowest BCUT2D eigenvalue weighted by Gasteiger charge is -2.10. The molecule has 1 N–H and O–H groups in total. The molecule has 0 aliphatic rings. The van der Waals surface area contributed by atoms with Crippen molar-refractivity contribution in [3.05, 3.63) is 48.4 Å². The van der Waals surface area contributed by atoms with Crippen molar-refractivity contribution in [3.63, 3.8) is 0 Å². The molecule has 7 heteroatoms. The minimum absolute atomic E-state index is 0.203. The lowest BCUT2D eigenvalue weighted by atomic mass is 10.3. The largest absolute Gasteiger partial charge is 0.338 e. The van der Waals surface area contributed by atoms with Crippen LogP contribution < -0.4 is 5.32 Å². The zero-order chi connectivity index (χ0) is 13.3. The first-order chi connectivity index (χ1) is 8.47. The van der Waals surface area contributed by atoms with E-state index in [0.717, 1.165) is 14.6 Å². The number of anilines is 2. The van der Waals surface area contributed by atoms with Crippen LogP contribution in [0.25, 0.3) is 0 Å². The molecule has 0 spiro atoms. The van der Waals surface area contributed by atoms with Gasteiger partial charge in [-0.2, -0.15) is 0 Å². The second-order valence-corrected chi connectivity index (χ2v) is 6.28. The Hall–Kier alpha value is -0.000000000000000111. The first-order valence-corrected chi connectivity index (χ1v) is 7.43. The van der Waals surface area contributed by atoms with E-state index in [1.165, 1.54) is 0 Å². The van der Waals surface area contributed by atoms with Crippen LogP contribution in [0, 0.1) is 0 Å². The number of nitrogens with one attached hydrogen (secondary N) is 1. The van der Waals surface area contributed by atoms with Gasteiger partial charge in [-0.05, 0) is 40.2 Å². The van der Waals surface area contributed by atoms with Gasteiger partial charge < -0.3 is 5.32 Å². The van der Waals surface area contributed by atoms with Crippen LogP contribution in [0.4, 0.5) is 11.5 Å². The van der Waals surface area contributed by atoms with Crippen LogP contribution in [-0.4, -0.2) is 4.98 Å². The zero-order valence-corrected chi connectivity index (χ0v) is 14.1. The molecule has 2 nitrogen and oxygen atoms in total. The number of hydrogen-bond acceptors (Lipinski definition) is 2. The third-order valence-electron chi connectivity index (χ3n) is 2.07. The molecule has 1 heterocycles. The Labute approximate surface area is 136 Å². The monoisotopic (exact) mass is 428 g/mol. The molecule has 0 bridgehead atoms. The lowest BCUT2D eigenvalue weighted by molar-refractivity contribution is 1.30. The van der Waals surface area contributed by atoms with Gasteiger partial charge in [0.15, 0.2) is 5.82 Å². The summed E-state index contributed by atoms with van der Waals surface area (Å²) in [6, 6.07) is 7.26. The molecular weight excluding hydrogens is 426 g/mol. The number of benzene rings is 1. The highest BCUT2D eigenvalue weighted by Gasteiger charge is 2.09. The Balaban J connectivity index is 2.40. The molecule has 0 atom stereocenters. The summed E-state index contributed by atoms with van der Waals surface area (Å²) in [7, 11) is 0. The molecule has 0 radical (unpaired) electrons. The van der Waals surface area contributed by atoms with Crippen molar-refractivity contribution in [3.8, 4) is 0 Å². The van der Waals surface area contributed by atoms with E-state index in [2.05, 4.69) is 42.2 Å². The summed E-state index contributed by atoms with van der Waals surface area (Å²) in [4.78, 5) is 4.09. The molecule has 2 aromatic rings. The molecule has 0 amide bonds. The van der Waals surface area contributed by atoms with Gasteiger partial charge in [0.25, 0.3) is 0 Å². The Bertz CT molecular complexity index is 605. The Morgan fingerprint density at radius 1 is 1.00 bits per heavy atom. The number of pyridine rings is 1. The normalized spacial score (nSPS) is 10.5. The average molecular weight is 431 g/mol. The SMILES string of the molecule is Clc1cc(Cl)c(Nc2cc(Br)ccc2Br)nc1Cl. The third kappa shape index (κ3) is 3.31. The predicted molar refractivity (Wildman–Crippen MR) is 84.4 cm³/mol. The van der Waals surface area contributed by atoms with Crippen molar-refractivity contribution in [1.82, 2.24) is 4.98 Å². The molecule has 0 fully saturated rings.